The first-order chi connectivity index (χ1) is 14.5. The molecule has 0 radical (unpaired) electrons. The summed E-state index contributed by atoms with van der Waals surface area (Å²) in [5, 5.41) is 15.9. The third-order valence-electron chi connectivity index (χ3n) is 4.38. The van der Waals surface area contributed by atoms with Gasteiger partial charge in [-0.15, -0.1) is 10.2 Å². The third kappa shape index (κ3) is 4.47. The molecule has 2 heterocycles. The van der Waals surface area contributed by atoms with Crippen molar-refractivity contribution in [3.05, 3.63) is 70.5 Å². The number of nitrogens with zero attached hydrogens (tertiary/aromatic N) is 4. The lowest BCUT2D eigenvalue weighted by Gasteiger charge is -2.06. The summed E-state index contributed by atoms with van der Waals surface area (Å²) in [6.45, 7) is 3.80. The Morgan fingerprint density at radius 1 is 1.10 bits per heavy atom. The number of aromatic nitrogens is 4. The zero-order chi connectivity index (χ0) is 21.1. The Bertz CT molecular complexity index is 1170. The lowest BCUT2D eigenvalue weighted by atomic mass is 10.2. The first kappa shape index (κ1) is 20.4. The van der Waals surface area contributed by atoms with Crippen molar-refractivity contribution in [1.29, 1.82) is 0 Å². The Morgan fingerprint density at radius 2 is 1.83 bits per heavy atom. The minimum atomic E-state index is -0.165. The molecule has 1 amide bonds. The minimum Gasteiger partial charge on any atom is -0.411 e. The topological polar surface area (TPSA) is 85.8 Å². The molecule has 0 fully saturated rings. The second-order valence-corrected chi connectivity index (χ2v) is 8.35. The normalized spacial score (nSPS) is 10.9. The van der Waals surface area contributed by atoms with Crippen LogP contribution in [0.15, 0.2) is 68.7 Å². The van der Waals surface area contributed by atoms with Crippen LogP contribution in [-0.4, -0.2) is 31.6 Å². The zero-order valence-corrected chi connectivity index (χ0v) is 18.7. The van der Waals surface area contributed by atoms with Crippen LogP contribution in [0.2, 0.25) is 0 Å². The standard InChI is InChI=1S/C21H18BrN5O2S/c1-13-19(14(2)27(26-13)17-6-4-3-5-7-17)23-18(28)12-30-21-25-24-20(29-21)15-8-10-16(22)11-9-15/h3-11H,12H2,1-2H3,(H,23,28). The summed E-state index contributed by atoms with van der Waals surface area (Å²) in [4.78, 5) is 12.5. The maximum atomic E-state index is 12.5. The van der Waals surface area contributed by atoms with E-state index in [2.05, 4.69) is 36.5 Å². The van der Waals surface area contributed by atoms with Gasteiger partial charge in [0.05, 0.1) is 28.5 Å². The Labute approximate surface area is 186 Å². The predicted octanol–water partition coefficient (Wildman–Crippen LogP) is 5.03. The van der Waals surface area contributed by atoms with Gasteiger partial charge in [-0.1, -0.05) is 45.9 Å². The molecular weight excluding hydrogens is 466 g/mol. The predicted molar refractivity (Wildman–Crippen MR) is 120 cm³/mol. The molecule has 4 aromatic rings. The van der Waals surface area contributed by atoms with Crippen molar-refractivity contribution in [2.75, 3.05) is 11.1 Å². The number of benzene rings is 2. The molecule has 2 aromatic carbocycles. The molecule has 0 saturated heterocycles. The minimum absolute atomic E-state index is 0.150. The van der Waals surface area contributed by atoms with Gasteiger partial charge in [0, 0.05) is 10.0 Å². The van der Waals surface area contributed by atoms with E-state index in [0.717, 1.165) is 27.1 Å². The number of anilines is 1. The number of para-hydroxylation sites is 1. The van der Waals surface area contributed by atoms with Crippen LogP contribution in [0, 0.1) is 13.8 Å². The second kappa shape index (κ2) is 8.85. The molecule has 0 bridgehead atoms. The highest BCUT2D eigenvalue weighted by molar-refractivity contribution is 9.10. The Morgan fingerprint density at radius 3 is 2.57 bits per heavy atom. The highest BCUT2D eigenvalue weighted by atomic mass is 79.9. The number of carbonyl (C=O) groups is 1. The summed E-state index contributed by atoms with van der Waals surface area (Å²) >= 11 is 4.59. The van der Waals surface area contributed by atoms with Gasteiger partial charge in [-0.25, -0.2) is 4.68 Å². The van der Waals surface area contributed by atoms with E-state index in [9.17, 15) is 4.79 Å². The second-order valence-electron chi connectivity index (χ2n) is 6.51. The fraction of sp³-hybridized carbons (Fsp3) is 0.143. The number of nitrogens with one attached hydrogen (secondary N) is 1. The Kier molecular flexibility index (Phi) is 6.01. The van der Waals surface area contributed by atoms with Crippen molar-refractivity contribution in [2.45, 2.75) is 19.1 Å². The summed E-state index contributed by atoms with van der Waals surface area (Å²) in [7, 11) is 0. The molecule has 4 rings (SSSR count). The summed E-state index contributed by atoms with van der Waals surface area (Å²) in [5.41, 5.74) is 4.10. The summed E-state index contributed by atoms with van der Waals surface area (Å²) in [6.07, 6.45) is 0. The molecule has 152 valence electrons. The lowest BCUT2D eigenvalue weighted by Crippen LogP contribution is -2.15. The van der Waals surface area contributed by atoms with Crippen LogP contribution in [0.25, 0.3) is 17.1 Å². The van der Waals surface area contributed by atoms with E-state index >= 15 is 0 Å². The number of hydrogen-bond acceptors (Lipinski definition) is 6. The fourth-order valence-electron chi connectivity index (χ4n) is 2.92. The summed E-state index contributed by atoms with van der Waals surface area (Å²) < 4.78 is 8.44. The van der Waals surface area contributed by atoms with Crippen molar-refractivity contribution in [2.24, 2.45) is 0 Å². The van der Waals surface area contributed by atoms with Crippen molar-refractivity contribution in [3.63, 3.8) is 0 Å². The van der Waals surface area contributed by atoms with Gasteiger partial charge < -0.3 is 9.73 Å². The largest absolute Gasteiger partial charge is 0.411 e. The summed E-state index contributed by atoms with van der Waals surface area (Å²) in [6, 6.07) is 17.4. The van der Waals surface area contributed by atoms with Crippen molar-refractivity contribution >= 4 is 39.3 Å². The zero-order valence-electron chi connectivity index (χ0n) is 16.3. The van der Waals surface area contributed by atoms with Crippen LogP contribution in [0.5, 0.6) is 0 Å². The van der Waals surface area contributed by atoms with Crippen molar-refractivity contribution in [3.8, 4) is 17.1 Å². The van der Waals surface area contributed by atoms with E-state index in [4.69, 9.17) is 4.42 Å². The number of carbonyl (C=O) groups excluding carboxylic acids is 1. The molecule has 2 aromatic heterocycles. The van der Waals surface area contributed by atoms with Crippen LogP contribution in [0.4, 0.5) is 5.69 Å². The number of rotatable bonds is 6. The van der Waals surface area contributed by atoms with Gasteiger partial charge in [0.15, 0.2) is 0 Å². The molecule has 0 aliphatic rings. The maximum Gasteiger partial charge on any atom is 0.277 e. The molecule has 0 atom stereocenters. The summed E-state index contributed by atoms with van der Waals surface area (Å²) in [5.74, 6) is 0.403. The van der Waals surface area contributed by atoms with Crippen molar-refractivity contribution in [1.82, 2.24) is 20.0 Å². The van der Waals surface area contributed by atoms with Crippen molar-refractivity contribution < 1.29 is 9.21 Å². The molecule has 0 unspecified atom stereocenters. The van der Waals surface area contributed by atoms with Gasteiger partial charge in [0.25, 0.3) is 5.22 Å². The molecule has 0 spiro atoms. The number of amides is 1. The molecule has 7 nitrogen and oxygen atoms in total. The molecule has 0 saturated carbocycles. The van der Waals surface area contributed by atoms with Crippen LogP contribution >= 0.6 is 27.7 Å². The Hall–Kier alpha value is -2.91. The number of aryl methyl sites for hydroxylation is 1. The number of thioether (sulfide) groups is 1. The highest BCUT2D eigenvalue weighted by Crippen LogP contribution is 2.26. The average molecular weight is 484 g/mol. The van der Waals surface area contributed by atoms with Crippen LogP contribution in [-0.2, 0) is 4.79 Å². The molecule has 1 N–H and O–H groups in total. The average Bonchev–Trinajstić information content (AvgIpc) is 3.34. The van der Waals surface area contributed by atoms with E-state index in [1.165, 1.54) is 11.8 Å². The SMILES string of the molecule is Cc1nn(-c2ccccc2)c(C)c1NC(=O)CSc1nnc(-c2ccc(Br)cc2)o1. The van der Waals surface area contributed by atoms with Gasteiger partial charge in [-0.05, 0) is 50.2 Å². The van der Waals surface area contributed by atoms with Crippen LogP contribution < -0.4 is 5.32 Å². The molecule has 9 heteroatoms. The van der Waals surface area contributed by atoms with Crippen LogP contribution in [0.3, 0.4) is 0 Å². The number of hydrogen-bond donors (Lipinski definition) is 1. The van der Waals surface area contributed by atoms with Gasteiger partial charge >= 0.3 is 0 Å². The fourth-order valence-corrected chi connectivity index (χ4v) is 3.75. The van der Waals surface area contributed by atoms with Gasteiger partial charge in [-0.3, -0.25) is 4.79 Å². The number of halogens is 1. The van der Waals surface area contributed by atoms with E-state index in [1.807, 2.05) is 73.1 Å². The Balaban J connectivity index is 1.40. The molecule has 30 heavy (non-hydrogen) atoms. The van der Waals surface area contributed by atoms with Gasteiger partial charge in [-0.2, -0.15) is 5.10 Å². The molecule has 0 aliphatic carbocycles. The van der Waals surface area contributed by atoms with Gasteiger partial charge in [0.2, 0.25) is 11.8 Å². The smallest absolute Gasteiger partial charge is 0.277 e. The first-order valence-electron chi connectivity index (χ1n) is 9.15. The molecular formula is C21H18BrN5O2S. The van der Waals surface area contributed by atoms with E-state index in [1.54, 1.807) is 0 Å². The van der Waals surface area contributed by atoms with E-state index < -0.39 is 0 Å². The van der Waals surface area contributed by atoms with Crippen LogP contribution in [0.1, 0.15) is 11.4 Å². The monoisotopic (exact) mass is 483 g/mol. The van der Waals surface area contributed by atoms with Gasteiger partial charge in [0.1, 0.15) is 0 Å². The highest BCUT2D eigenvalue weighted by Gasteiger charge is 2.16. The van der Waals surface area contributed by atoms with E-state index in [0.29, 0.717) is 16.8 Å². The maximum absolute atomic E-state index is 12.5. The third-order valence-corrected chi connectivity index (χ3v) is 5.73. The molecule has 0 aliphatic heterocycles. The van der Waals surface area contributed by atoms with E-state index in [-0.39, 0.29) is 11.7 Å². The lowest BCUT2D eigenvalue weighted by molar-refractivity contribution is -0.113. The first-order valence-corrected chi connectivity index (χ1v) is 10.9. The quantitative estimate of drug-likeness (QED) is 0.387.